The summed E-state index contributed by atoms with van der Waals surface area (Å²) in [6.45, 7) is 4.38. The normalized spacial score (nSPS) is 24.2. The topological polar surface area (TPSA) is 143 Å². The van der Waals surface area contributed by atoms with Crippen LogP contribution in [0.25, 0.3) is 0 Å². The molecule has 1 aliphatic rings. The zero-order valence-corrected chi connectivity index (χ0v) is 16.4. The number of aliphatic hydroxyl groups is 1. The number of aliphatic imine (C=N–C) groups is 1. The van der Waals surface area contributed by atoms with Crippen molar-refractivity contribution in [2.75, 3.05) is 11.1 Å². The van der Waals surface area contributed by atoms with E-state index in [0.29, 0.717) is 0 Å². The highest BCUT2D eigenvalue weighted by molar-refractivity contribution is 7.93. The SMILES string of the molecule is CC1(C)C(N)=N[C@](C)(c2nc(NC(O)c3ccncn3)ccc2F)CS1(=O)=O. The van der Waals surface area contributed by atoms with Gasteiger partial charge in [0.25, 0.3) is 0 Å². The summed E-state index contributed by atoms with van der Waals surface area (Å²) in [5, 5.41) is 12.9. The third-order valence-electron chi connectivity index (χ3n) is 4.76. The van der Waals surface area contributed by atoms with Crippen LogP contribution >= 0.6 is 0 Å². The van der Waals surface area contributed by atoms with E-state index in [1.807, 2.05) is 0 Å². The molecule has 150 valence electrons. The number of nitrogens with zero attached hydrogens (tertiary/aromatic N) is 4. The van der Waals surface area contributed by atoms with Gasteiger partial charge in [0.1, 0.15) is 39.8 Å². The van der Waals surface area contributed by atoms with Crippen molar-refractivity contribution in [1.82, 2.24) is 15.0 Å². The fourth-order valence-corrected chi connectivity index (χ4v) is 4.51. The summed E-state index contributed by atoms with van der Waals surface area (Å²) in [6.07, 6.45) is 1.52. The van der Waals surface area contributed by atoms with Crippen molar-refractivity contribution in [3.8, 4) is 0 Å². The van der Waals surface area contributed by atoms with Gasteiger partial charge in [-0.1, -0.05) is 0 Å². The molecule has 0 aliphatic carbocycles. The van der Waals surface area contributed by atoms with Crippen molar-refractivity contribution in [2.24, 2.45) is 10.7 Å². The van der Waals surface area contributed by atoms with E-state index in [-0.39, 0.29) is 23.0 Å². The second-order valence-corrected chi connectivity index (χ2v) is 9.79. The lowest BCUT2D eigenvalue weighted by atomic mass is 9.98. The van der Waals surface area contributed by atoms with Gasteiger partial charge < -0.3 is 16.2 Å². The van der Waals surface area contributed by atoms with E-state index in [9.17, 15) is 17.9 Å². The summed E-state index contributed by atoms with van der Waals surface area (Å²) >= 11 is 0. The Balaban J connectivity index is 1.99. The minimum atomic E-state index is -3.71. The Morgan fingerprint density at radius 1 is 1.29 bits per heavy atom. The molecule has 2 aromatic heterocycles. The molecule has 0 saturated heterocycles. The Bertz CT molecular complexity index is 1030. The van der Waals surface area contributed by atoms with Crippen molar-refractivity contribution >= 4 is 21.5 Å². The lowest BCUT2D eigenvalue weighted by molar-refractivity contribution is 0.202. The van der Waals surface area contributed by atoms with Gasteiger partial charge in [0, 0.05) is 6.20 Å². The van der Waals surface area contributed by atoms with E-state index in [2.05, 4.69) is 25.3 Å². The highest BCUT2D eigenvalue weighted by Crippen LogP contribution is 2.37. The smallest absolute Gasteiger partial charge is 0.169 e. The van der Waals surface area contributed by atoms with Crippen LogP contribution in [-0.4, -0.2) is 44.8 Å². The first-order valence-corrected chi connectivity index (χ1v) is 10.1. The number of hydrogen-bond acceptors (Lipinski definition) is 9. The lowest BCUT2D eigenvalue weighted by Crippen LogP contribution is -2.55. The largest absolute Gasteiger partial charge is 0.386 e. The molecule has 28 heavy (non-hydrogen) atoms. The summed E-state index contributed by atoms with van der Waals surface area (Å²) in [5.74, 6) is -1.16. The summed E-state index contributed by atoms with van der Waals surface area (Å²) in [5.41, 5.74) is 4.50. The minimum absolute atomic E-state index is 0.109. The van der Waals surface area contributed by atoms with E-state index < -0.39 is 37.9 Å². The molecule has 2 atom stereocenters. The summed E-state index contributed by atoms with van der Waals surface area (Å²) in [4.78, 5) is 16.1. The highest BCUT2D eigenvalue weighted by Gasteiger charge is 2.50. The predicted octanol–water partition coefficient (Wildman–Crippen LogP) is 0.893. The summed E-state index contributed by atoms with van der Waals surface area (Å²) in [6, 6.07) is 3.95. The number of anilines is 1. The number of nitrogens with two attached hydrogens (primary N) is 1. The number of nitrogens with one attached hydrogen (secondary N) is 1. The predicted molar refractivity (Wildman–Crippen MR) is 102 cm³/mol. The minimum Gasteiger partial charge on any atom is -0.386 e. The molecule has 3 rings (SSSR count). The number of rotatable bonds is 4. The fourth-order valence-electron chi connectivity index (χ4n) is 2.84. The molecule has 3 heterocycles. The average Bonchev–Trinajstić information content (AvgIpc) is 2.62. The maximum Gasteiger partial charge on any atom is 0.169 e. The standard InChI is InChI=1S/C17H21FN6O3S/c1-16(2)15(19)24-17(3,8-28(16,26)27)13-10(18)4-5-12(22-13)23-14(25)11-6-7-20-9-21-11/h4-7,9,14,25H,8H2,1-3H3,(H2,19,24)(H,22,23)/t14?,17-/m0/s1. The molecule has 0 radical (unpaired) electrons. The average molecular weight is 408 g/mol. The molecular weight excluding hydrogens is 387 g/mol. The number of halogens is 1. The van der Waals surface area contributed by atoms with Gasteiger partial charge in [-0.2, -0.15) is 0 Å². The Kier molecular flexibility index (Phi) is 4.84. The summed E-state index contributed by atoms with van der Waals surface area (Å²) in [7, 11) is -3.71. The molecule has 2 aromatic rings. The van der Waals surface area contributed by atoms with Gasteiger partial charge in [-0.25, -0.2) is 27.8 Å². The Hall–Kier alpha value is -2.66. The number of sulfone groups is 1. The molecular formula is C17H21FN6O3S. The third kappa shape index (κ3) is 3.42. The van der Waals surface area contributed by atoms with Crippen LogP contribution in [0.15, 0.2) is 35.7 Å². The molecule has 4 N–H and O–H groups in total. The van der Waals surface area contributed by atoms with Gasteiger partial charge in [-0.05, 0) is 39.0 Å². The van der Waals surface area contributed by atoms with Crippen LogP contribution in [0.2, 0.25) is 0 Å². The molecule has 0 bridgehead atoms. The first kappa shape index (κ1) is 20.1. The van der Waals surface area contributed by atoms with Gasteiger partial charge in [-0.15, -0.1) is 0 Å². The first-order chi connectivity index (χ1) is 13.0. The van der Waals surface area contributed by atoms with E-state index in [0.717, 1.165) is 6.07 Å². The van der Waals surface area contributed by atoms with E-state index >= 15 is 0 Å². The fraction of sp³-hybridized carbons (Fsp3) is 0.412. The van der Waals surface area contributed by atoms with Crippen LogP contribution in [0.1, 0.15) is 38.4 Å². The lowest BCUT2D eigenvalue weighted by Gasteiger charge is -2.37. The van der Waals surface area contributed by atoms with E-state index in [1.54, 1.807) is 0 Å². The molecule has 0 aromatic carbocycles. The zero-order valence-electron chi connectivity index (χ0n) is 15.6. The van der Waals surface area contributed by atoms with Crippen LogP contribution in [0.5, 0.6) is 0 Å². The van der Waals surface area contributed by atoms with Crippen molar-refractivity contribution in [3.63, 3.8) is 0 Å². The van der Waals surface area contributed by atoms with Crippen molar-refractivity contribution in [1.29, 1.82) is 0 Å². The van der Waals surface area contributed by atoms with Crippen LogP contribution in [0, 0.1) is 5.82 Å². The number of amidine groups is 1. The molecule has 1 unspecified atom stereocenters. The Labute approximate surface area is 161 Å². The molecule has 11 heteroatoms. The Morgan fingerprint density at radius 3 is 2.61 bits per heavy atom. The molecule has 1 aliphatic heterocycles. The second kappa shape index (κ2) is 6.74. The number of hydrogen-bond donors (Lipinski definition) is 3. The maximum atomic E-state index is 14.6. The van der Waals surface area contributed by atoms with E-state index in [1.165, 1.54) is 45.4 Å². The second-order valence-electron chi connectivity index (χ2n) is 7.25. The van der Waals surface area contributed by atoms with Crippen molar-refractivity contribution in [3.05, 3.63) is 47.9 Å². The van der Waals surface area contributed by atoms with Gasteiger partial charge in [-0.3, -0.25) is 4.99 Å². The van der Waals surface area contributed by atoms with Gasteiger partial charge >= 0.3 is 0 Å². The molecule has 9 nitrogen and oxygen atoms in total. The van der Waals surface area contributed by atoms with E-state index in [4.69, 9.17) is 5.73 Å². The maximum absolute atomic E-state index is 14.6. The van der Waals surface area contributed by atoms with Gasteiger partial charge in [0.2, 0.25) is 0 Å². The molecule has 0 amide bonds. The van der Waals surface area contributed by atoms with Crippen LogP contribution < -0.4 is 11.1 Å². The number of aliphatic hydroxyl groups excluding tert-OH is 1. The summed E-state index contributed by atoms with van der Waals surface area (Å²) < 4.78 is 38.6. The van der Waals surface area contributed by atoms with Crippen molar-refractivity contribution < 1.29 is 17.9 Å². The van der Waals surface area contributed by atoms with Crippen LogP contribution in [0.4, 0.5) is 10.2 Å². The van der Waals surface area contributed by atoms with Crippen LogP contribution in [-0.2, 0) is 15.4 Å². The van der Waals surface area contributed by atoms with Gasteiger partial charge in [0.05, 0.1) is 11.4 Å². The monoisotopic (exact) mass is 408 g/mol. The van der Waals surface area contributed by atoms with Crippen molar-refractivity contribution in [2.45, 2.75) is 37.3 Å². The Morgan fingerprint density at radius 2 is 2.00 bits per heavy atom. The third-order valence-corrected chi connectivity index (χ3v) is 7.46. The molecule has 0 saturated carbocycles. The first-order valence-electron chi connectivity index (χ1n) is 8.42. The number of aromatic nitrogens is 3. The quantitative estimate of drug-likeness (QED) is 0.633. The number of pyridine rings is 1. The van der Waals surface area contributed by atoms with Gasteiger partial charge in [0.15, 0.2) is 16.1 Å². The molecule has 0 fully saturated rings. The highest BCUT2D eigenvalue weighted by atomic mass is 32.2. The van der Waals surface area contributed by atoms with Crippen LogP contribution in [0.3, 0.4) is 0 Å². The molecule has 0 spiro atoms. The zero-order chi connectivity index (χ0) is 20.7.